The molecule has 0 unspecified atom stereocenters. The average molecular weight is 245 g/mol. The van der Waals surface area contributed by atoms with Crippen molar-refractivity contribution in [3.63, 3.8) is 0 Å². The number of nitrogens with zero attached hydrogens (tertiary/aromatic N) is 1. The first-order valence-corrected chi connectivity index (χ1v) is 6.72. The Morgan fingerprint density at radius 2 is 1.94 bits per heavy atom. The lowest BCUT2D eigenvalue weighted by Crippen LogP contribution is -2.35. The standard InChI is InChI=1S/C15H19NO2/c17-14(18)13-4-2-12(3-5-13)10-16-9-1-6-15(11-16)7-8-15/h2-5H,1,6-11H2,(H,17,18). The molecular weight excluding hydrogens is 226 g/mol. The maximum absolute atomic E-state index is 10.8. The van der Waals surface area contributed by atoms with E-state index >= 15 is 0 Å². The molecule has 0 aromatic heterocycles. The van der Waals surface area contributed by atoms with Gasteiger partial charge in [0, 0.05) is 13.1 Å². The van der Waals surface area contributed by atoms with Crippen LogP contribution in [0.25, 0.3) is 0 Å². The molecule has 1 aromatic carbocycles. The largest absolute Gasteiger partial charge is 0.478 e. The minimum atomic E-state index is -0.851. The fourth-order valence-corrected chi connectivity index (χ4v) is 3.04. The summed E-state index contributed by atoms with van der Waals surface area (Å²) < 4.78 is 0. The smallest absolute Gasteiger partial charge is 0.335 e. The first kappa shape index (κ1) is 11.7. The number of carbonyl (C=O) groups is 1. The molecule has 1 aromatic rings. The number of hydrogen-bond acceptors (Lipinski definition) is 2. The van der Waals surface area contributed by atoms with Gasteiger partial charge in [0.05, 0.1) is 5.56 Å². The summed E-state index contributed by atoms with van der Waals surface area (Å²) in [5.74, 6) is -0.851. The van der Waals surface area contributed by atoms with Crippen molar-refractivity contribution in [3.8, 4) is 0 Å². The highest BCUT2D eigenvalue weighted by Gasteiger charge is 2.45. The van der Waals surface area contributed by atoms with Crippen molar-refractivity contribution in [2.24, 2.45) is 5.41 Å². The first-order valence-electron chi connectivity index (χ1n) is 6.72. The fourth-order valence-electron chi connectivity index (χ4n) is 3.04. The molecule has 0 amide bonds. The quantitative estimate of drug-likeness (QED) is 0.890. The van der Waals surface area contributed by atoms with Gasteiger partial charge >= 0.3 is 5.97 Å². The summed E-state index contributed by atoms with van der Waals surface area (Å²) in [6.07, 6.45) is 5.53. The van der Waals surface area contributed by atoms with E-state index in [4.69, 9.17) is 5.11 Å². The molecule has 0 atom stereocenters. The monoisotopic (exact) mass is 245 g/mol. The third-order valence-corrected chi connectivity index (χ3v) is 4.30. The molecule has 0 bridgehead atoms. The summed E-state index contributed by atoms with van der Waals surface area (Å²) in [6, 6.07) is 7.29. The molecule has 1 N–H and O–H groups in total. The number of carboxylic acids is 1. The van der Waals surface area contributed by atoms with Crippen LogP contribution in [0.15, 0.2) is 24.3 Å². The molecule has 18 heavy (non-hydrogen) atoms. The number of carboxylic acid groups (broad SMARTS) is 1. The van der Waals surface area contributed by atoms with Crippen LogP contribution >= 0.6 is 0 Å². The van der Waals surface area contributed by atoms with Gasteiger partial charge in [-0.25, -0.2) is 4.79 Å². The second kappa shape index (κ2) is 4.39. The van der Waals surface area contributed by atoms with Crippen molar-refractivity contribution >= 4 is 5.97 Å². The van der Waals surface area contributed by atoms with Gasteiger partial charge in [-0.3, -0.25) is 4.90 Å². The van der Waals surface area contributed by atoms with E-state index in [9.17, 15) is 4.79 Å². The van der Waals surface area contributed by atoms with Crippen molar-refractivity contribution in [2.75, 3.05) is 13.1 Å². The lowest BCUT2D eigenvalue weighted by atomic mass is 9.95. The second-order valence-corrected chi connectivity index (χ2v) is 5.82. The molecule has 1 heterocycles. The first-order chi connectivity index (χ1) is 8.67. The highest BCUT2D eigenvalue weighted by molar-refractivity contribution is 5.87. The third-order valence-electron chi connectivity index (χ3n) is 4.30. The van der Waals surface area contributed by atoms with Gasteiger partial charge in [-0.05, 0) is 55.3 Å². The molecule has 2 fully saturated rings. The molecule has 0 radical (unpaired) electrons. The molecule has 3 rings (SSSR count). The highest BCUT2D eigenvalue weighted by Crippen LogP contribution is 2.52. The van der Waals surface area contributed by atoms with Gasteiger partial charge < -0.3 is 5.11 Å². The summed E-state index contributed by atoms with van der Waals surface area (Å²) in [5.41, 5.74) is 2.24. The van der Waals surface area contributed by atoms with Crippen LogP contribution in [-0.4, -0.2) is 29.1 Å². The van der Waals surface area contributed by atoms with E-state index in [-0.39, 0.29) is 0 Å². The Labute approximate surface area is 107 Å². The van der Waals surface area contributed by atoms with Crippen LogP contribution in [0.1, 0.15) is 41.6 Å². The van der Waals surface area contributed by atoms with Gasteiger partial charge in [0.2, 0.25) is 0 Å². The van der Waals surface area contributed by atoms with Crippen LogP contribution in [0.4, 0.5) is 0 Å². The Balaban J connectivity index is 1.63. The molecule has 1 aliphatic carbocycles. The van der Waals surface area contributed by atoms with Crippen LogP contribution in [0.3, 0.4) is 0 Å². The van der Waals surface area contributed by atoms with Gasteiger partial charge in [-0.15, -0.1) is 0 Å². The maximum atomic E-state index is 10.8. The van der Waals surface area contributed by atoms with Crippen molar-refractivity contribution in [3.05, 3.63) is 35.4 Å². The summed E-state index contributed by atoms with van der Waals surface area (Å²) in [6.45, 7) is 3.37. The van der Waals surface area contributed by atoms with Crippen LogP contribution in [0, 0.1) is 5.41 Å². The zero-order valence-electron chi connectivity index (χ0n) is 10.6. The van der Waals surface area contributed by atoms with Crippen LogP contribution < -0.4 is 0 Å². The summed E-state index contributed by atoms with van der Waals surface area (Å²) in [4.78, 5) is 13.3. The molecule has 1 saturated heterocycles. The Kier molecular flexibility index (Phi) is 2.86. The predicted molar refractivity (Wildman–Crippen MR) is 69.6 cm³/mol. The number of aromatic carboxylic acids is 1. The number of benzene rings is 1. The van der Waals surface area contributed by atoms with E-state index in [1.54, 1.807) is 12.1 Å². The Bertz CT molecular complexity index is 448. The molecular formula is C15H19NO2. The molecule has 1 spiro atoms. The number of piperidine rings is 1. The zero-order chi connectivity index (χ0) is 12.6. The van der Waals surface area contributed by atoms with Gasteiger partial charge in [0.25, 0.3) is 0 Å². The average Bonchev–Trinajstić information content (AvgIpc) is 3.09. The molecule has 1 saturated carbocycles. The Hall–Kier alpha value is -1.35. The summed E-state index contributed by atoms with van der Waals surface area (Å²) in [7, 11) is 0. The molecule has 3 heteroatoms. The number of hydrogen-bond donors (Lipinski definition) is 1. The van der Waals surface area contributed by atoms with E-state index in [2.05, 4.69) is 4.90 Å². The molecule has 2 aliphatic rings. The van der Waals surface area contributed by atoms with E-state index in [0.29, 0.717) is 11.0 Å². The summed E-state index contributed by atoms with van der Waals surface area (Å²) >= 11 is 0. The van der Waals surface area contributed by atoms with Crippen LogP contribution in [0.5, 0.6) is 0 Å². The summed E-state index contributed by atoms with van der Waals surface area (Å²) in [5, 5.41) is 8.86. The minimum absolute atomic E-state index is 0.371. The van der Waals surface area contributed by atoms with Gasteiger partial charge in [0.1, 0.15) is 0 Å². The fraction of sp³-hybridized carbons (Fsp3) is 0.533. The van der Waals surface area contributed by atoms with Crippen molar-refractivity contribution in [2.45, 2.75) is 32.2 Å². The van der Waals surface area contributed by atoms with Crippen LogP contribution in [0.2, 0.25) is 0 Å². The number of rotatable bonds is 3. The molecule has 3 nitrogen and oxygen atoms in total. The SMILES string of the molecule is O=C(O)c1ccc(CN2CCCC3(CC3)C2)cc1. The number of likely N-dealkylation sites (tertiary alicyclic amines) is 1. The van der Waals surface area contributed by atoms with Gasteiger partial charge in [-0.2, -0.15) is 0 Å². The van der Waals surface area contributed by atoms with E-state index in [1.165, 1.54) is 44.3 Å². The third kappa shape index (κ3) is 2.41. The van der Waals surface area contributed by atoms with Crippen molar-refractivity contribution in [1.29, 1.82) is 0 Å². The normalized spacial score (nSPS) is 22.0. The maximum Gasteiger partial charge on any atom is 0.335 e. The van der Waals surface area contributed by atoms with E-state index in [0.717, 1.165) is 6.54 Å². The Morgan fingerprint density at radius 3 is 2.56 bits per heavy atom. The van der Waals surface area contributed by atoms with Crippen LogP contribution in [-0.2, 0) is 6.54 Å². The highest BCUT2D eigenvalue weighted by atomic mass is 16.4. The molecule has 96 valence electrons. The van der Waals surface area contributed by atoms with Crippen molar-refractivity contribution < 1.29 is 9.90 Å². The second-order valence-electron chi connectivity index (χ2n) is 5.82. The Morgan fingerprint density at radius 1 is 1.22 bits per heavy atom. The van der Waals surface area contributed by atoms with Crippen molar-refractivity contribution in [1.82, 2.24) is 4.90 Å². The topological polar surface area (TPSA) is 40.5 Å². The molecule has 1 aliphatic heterocycles. The van der Waals surface area contributed by atoms with E-state index < -0.39 is 5.97 Å². The minimum Gasteiger partial charge on any atom is -0.478 e. The van der Waals surface area contributed by atoms with Gasteiger partial charge in [0.15, 0.2) is 0 Å². The van der Waals surface area contributed by atoms with Gasteiger partial charge in [-0.1, -0.05) is 12.1 Å². The predicted octanol–water partition coefficient (Wildman–Crippen LogP) is 2.76. The lowest BCUT2D eigenvalue weighted by Gasteiger charge is -2.32. The zero-order valence-corrected chi connectivity index (χ0v) is 10.6. The lowest BCUT2D eigenvalue weighted by molar-refractivity contribution is 0.0697. The van der Waals surface area contributed by atoms with E-state index in [1.807, 2.05) is 12.1 Å².